The lowest BCUT2D eigenvalue weighted by molar-refractivity contribution is -0.137. The van der Waals surface area contributed by atoms with Crippen LogP contribution >= 0.6 is 0 Å². The lowest BCUT2D eigenvalue weighted by Crippen LogP contribution is -1.98. The zero-order chi connectivity index (χ0) is 7.11. The summed E-state index contributed by atoms with van der Waals surface area (Å²) >= 11 is 0. The topological polar surface area (TPSA) is 26.3 Å². The molecule has 0 heterocycles. The number of hydrogen-bond acceptors (Lipinski definition) is 2. The Balaban J connectivity index is 3.49. The highest BCUT2D eigenvalue weighted by Crippen LogP contribution is 1.80. The Bertz CT molecular complexity index is 125. The molecule has 0 aromatic carbocycles. The van der Waals surface area contributed by atoms with Gasteiger partial charge in [0.1, 0.15) is 0 Å². The van der Waals surface area contributed by atoms with E-state index in [0.717, 1.165) is 0 Å². The summed E-state index contributed by atoms with van der Waals surface area (Å²) in [6.45, 7) is 5.58. The lowest BCUT2D eigenvalue weighted by atomic mass is 10.5. The monoisotopic (exact) mass is 126 g/mol. The molecule has 0 unspecified atom stereocenters. The third kappa shape index (κ3) is 4.81. The summed E-state index contributed by atoms with van der Waals surface area (Å²) in [5.41, 5.74) is 0. The van der Waals surface area contributed by atoms with Crippen LogP contribution in [0.2, 0.25) is 0 Å². The number of carbonyl (C=O) groups excluding carboxylic acids is 1. The molecule has 0 bridgehead atoms. The van der Waals surface area contributed by atoms with E-state index in [1.165, 1.54) is 18.2 Å². The summed E-state index contributed by atoms with van der Waals surface area (Å²) in [7, 11) is 0. The van der Waals surface area contributed by atoms with E-state index in [4.69, 9.17) is 0 Å². The maximum absolute atomic E-state index is 10.4. The summed E-state index contributed by atoms with van der Waals surface area (Å²) in [6, 6.07) is 0. The maximum atomic E-state index is 10.4. The Labute approximate surface area is 54.8 Å². The Morgan fingerprint density at radius 2 is 2.44 bits per heavy atom. The number of hydrogen-bond donors (Lipinski definition) is 0. The molecule has 0 radical (unpaired) electrons. The molecule has 0 aliphatic heterocycles. The molecule has 0 saturated heterocycles. The molecule has 0 spiro atoms. The minimum atomic E-state index is -0.322. The van der Waals surface area contributed by atoms with E-state index in [1.807, 2.05) is 0 Å². The first kappa shape index (κ1) is 7.95. The van der Waals surface area contributed by atoms with Gasteiger partial charge in [-0.15, -0.1) is 0 Å². The molecule has 0 saturated carbocycles. The van der Waals surface area contributed by atoms with E-state index < -0.39 is 0 Å². The second-order valence-electron chi connectivity index (χ2n) is 1.35. The van der Waals surface area contributed by atoms with E-state index in [0.29, 0.717) is 6.61 Å². The zero-order valence-corrected chi connectivity index (χ0v) is 5.46. The van der Waals surface area contributed by atoms with Crippen LogP contribution in [0.3, 0.4) is 0 Å². The van der Waals surface area contributed by atoms with Gasteiger partial charge in [0.05, 0.1) is 6.61 Å². The quantitative estimate of drug-likeness (QED) is 0.323. The van der Waals surface area contributed by atoms with E-state index in [1.54, 1.807) is 6.92 Å². The standard InChI is InChI=1S/C7H10O2/c1-3-5-6-7(8)9-4-2/h3,5-6H,1,4H2,2H3/b6-5+. The molecule has 0 aliphatic carbocycles. The molecular formula is C7H10O2. The Morgan fingerprint density at radius 3 is 2.89 bits per heavy atom. The van der Waals surface area contributed by atoms with Crippen molar-refractivity contribution in [1.29, 1.82) is 0 Å². The van der Waals surface area contributed by atoms with Crippen LogP contribution in [0.4, 0.5) is 0 Å². The van der Waals surface area contributed by atoms with Crippen molar-refractivity contribution in [2.75, 3.05) is 6.61 Å². The number of carbonyl (C=O) groups is 1. The van der Waals surface area contributed by atoms with Gasteiger partial charge in [0.25, 0.3) is 0 Å². The van der Waals surface area contributed by atoms with Crippen molar-refractivity contribution in [1.82, 2.24) is 0 Å². The molecule has 0 amide bonds. The second kappa shape index (κ2) is 5.09. The fraction of sp³-hybridized carbons (Fsp3) is 0.286. The summed E-state index contributed by atoms with van der Waals surface area (Å²) in [5.74, 6) is -0.322. The SMILES string of the molecule is C=C/C=C/C(=O)OCC. The third-order valence-corrected chi connectivity index (χ3v) is 0.655. The van der Waals surface area contributed by atoms with Gasteiger partial charge in [-0.2, -0.15) is 0 Å². The Kier molecular flexibility index (Phi) is 4.50. The van der Waals surface area contributed by atoms with Gasteiger partial charge < -0.3 is 4.74 Å². The third-order valence-electron chi connectivity index (χ3n) is 0.655. The van der Waals surface area contributed by atoms with E-state index in [9.17, 15) is 4.79 Å². The van der Waals surface area contributed by atoms with Crippen LogP contribution in [0.1, 0.15) is 6.92 Å². The summed E-state index contributed by atoms with van der Waals surface area (Å²) < 4.78 is 4.57. The fourth-order valence-corrected chi connectivity index (χ4v) is 0.337. The van der Waals surface area contributed by atoms with Crippen molar-refractivity contribution in [3.05, 3.63) is 24.8 Å². The Morgan fingerprint density at radius 1 is 1.78 bits per heavy atom. The van der Waals surface area contributed by atoms with Crippen LogP contribution in [0.15, 0.2) is 24.8 Å². The smallest absolute Gasteiger partial charge is 0.330 e. The van der Waals surface area contributed by atoms with Crippen molar-refractivity contribution in [3.63, 3.8) is 0 Å². The van der Waals surface area contributed by atoms with Crippen molar-refractivity contribution >= 4 is 5.97 Å². The summed E-state index contributed by atoms with van der Waals surface area (Å²) in [6.07, 6.45) is 4.39. The van der Waals surface area contributed by atoms with Crippen LogP contribution in [-0.4, -0.2) is 12.6 Å². The van der Waals surface area contributed by atoms with Gasteiger partial charge in [-0.1, -0.05) is 18.7 Å². The predicted octanol–water partition coefficient (Wildman–Crippen LogP) is 1.29. The number of esters is 1. The normalized spacial score (nSPS) is 9.44. The van der Waals surface area contributed by atoms with Crippen molar-refractivity contribution < 1.29 is 9.53 Å². The van der Waals surface area contributed by atoms with Gasteiger partial charge in [0.15, 0.2) is 0 Å². The molecule has 0 N–H and O–H groups in total. The minimum Gasteiger partial charge on any atom is -0.463 e. The molecule has 2 nitrogen and oxygen atoms in total. The number of ether oxygens (including phenoxy) is 1. The van der Waals surface area contributed by atoms with Gasteiger partial charge in [0, 0.05) is 6.08 Å². The van der Waals surface area contributed by atoms with Gasteiger partial charge in [-0.3, -0.25) is 0 Å². The molecule has 0 aromatic heterocycles. The highest BCUT2D eigenvalue weighted by atomic mass is 16.5. The van der Waals surface area contributed by atoms with Gasteiger partial charge >= 0.3 is 5.97 Å². The number of rotatable bonds is 3. The summed E-state index contributed by atoms with van der Waals surface area (Å²) in [4.78, 5) is 10.4. The number of allylic oxidation sites excluding steroid dienone is 2. The zero-order valence-electron chi connectivity index (χ0n) is 5.46. The average molecular weight is 126 g/mol. The summed E-state index contributed by atoms with van der Waals surface area (Å²) in [5, 5.41) is 0. The molecular weight excluding hydrogens is 116 g/mol. The van der Waals surface area contributed by atoms with Gasteiger partial charge in [-0.05, 0) is 6.92 Å². The molecule has 0 fully saturated rings. The first-order chi connectivity index (χ1) is 4.31. The van der Waals surface area contributed by atoms with Gasteiger partial charge in [0.2, 0.25) is 0 Å². The predicted molar refractivity (Wildman–Crippen MR) is 36.0 cm³/mol. The molecule has 0 rings (SSSR count). The molecule has 50 valence electrons. The second-order valence-corrected chi connectivity index (χ2v) is 1.35. The molecule has 0 atom stereocenters. The van der Waals surface area contributed by atoms with Crippen molar-refractivity contribution in [2.24, 2.45) is 0 Å². The van der Waals surface area contributed by atoms with Crippen molar-refractivity contribution in [3.8, 4) is 0 Å². The fourth-order valence-electron chi connectivity index (χ4n) is 0.337. The molecule has 0 aromatic rings. The van der Waals surface area contributed by atoms with E-state index in [-0.39, 0.29) is 5.97 Å². The first-order valence-electron chi connectivity index (χ1n) is 2.77. The van der Waals surface area contributed by atoms with Crippen LogP contribution in [0, 0.1) is 0 Å². The van der Waals surface area contributed by atoms with Crippen LogP contribution in [0.25, 0.3) is 0 Å². The molecule has 0 aliphatic rings. The maximum Gasteiger partial charge on any atom is 0.330 e. The van der Waals surface area contributed by atoms with Crippen LogP contribution in [0.5, 0.6) is 0 Å². The van der Waals surface area contributed by atoms with E-state index >= 15 is 0 Å². The van der Waals surface area contributed by atoms with E-state index in [2.05, 4.69) is 11.3 Å². The van der Waals surface area contributed by atoms with Gasteiger partial charge in [-0.25, -0.2) is 4.79 Å². The molecule has 2 heteroatoms. The van der Waals surface area contributed by atoms with Crippen molar-refractivity contribution in [2.45, 2.75) is 6.92 Å². The lowest BCUT2D eigenvalue weighted by Gasteiger charge is -1.91. The first-order valence-corrected chi connectivity index (χ1v) is 2.77. The van der Waals surface area contributed by atoms with Crippen LogP contribution < -0.4 is 0 Å². The Hall–Kier alpha value is -1.05. The highest BCUT2D eigenvalue weighted by molar-refractivity contribution is 5.82. The minimum absolute atomic E-state index is 0.322. The largest absolute Gasteiger partial charge is 0.463 e. The van der Waals surface area contributed by atoms with Crippen LogP contribution in [-0.2, 0) is 9.53 Å². The average Bonchev–Trinajstić information content (AvgIpc) is 1.85. The molecule has 9 heavy (non-hydrogen) atoms. The highest BCUT2D eigenvalue weighted by Gasteiger charge is 1.88.